The lowest BCUT2D eigenvalue weighted by Crippen LogP contribution is -2.41. The summed E-state index contributed by atoms with van der Waals surface area (Å²) in [5, 5.41) is 11.7. The minimum Gasteiger partial charge on any atom is -0.480 e. The van der Waals surface area contributed by atoms with Gasteiger partial charge in [-0.3, -0.25) is 4.79 Å². The molecule has 0 aliphatic rings. The smallest absolute Gasteiger partial charge is 0.326 e. The second kappa shape index (κ2) is 8.04. The van der Waals surface area contributed by atoms with Gasteiger partial charge in [-0.25, -0.2) is 9.78 Å². The third kappa shape index (κ3) is 4.96. The molecule has 1 amide bonds. The number of carboxylic acids is 1. The normalized spacial score (nSPS) is 11.9. The van der Waals surface area contributed by atoms with Gasteiger partial charge in [-0.15, -0.1) is 0 Å². The van der Waals surface area contributed by atoms with Gasteiger partial charge in [0.05, 0.1) is 10.6 Å². The first-order valence-corrected chi connectivity index (χ1v) is 6.55. The predicted molar refractivity (Wildman–Crippen MR) is 74.3 cm³/mol. The van der Waals surface area contributed by atoms with Crippen LogP contribution in [0.2, 0.25) is 10.2 Å². The number of halogens is 2. The quantitative estimate of drug-likeness (QED) is 0.592. The summed E-state index contributed by atoms with van der Waals surface area (Å²) in [5.41, 5.74) is 0.150. The van der Waals surface area contributed by atoms with Crippen molar-refractivity contribution in [1.82, 2.24) is 10.3 Å². The number of carbonyl (C=O) groups excluding carboxylic acids is 1. The van der Waals surface area contributed by atoms with Crippen LogP contribution in [0, 0.1) is 0 Å². The zero-order valence-corrected chi connectivity index (χ0v) is 12.2. The fourth-order valence-corrected chi connectivity index (χ4v) is 1.75. The number of aliphatic carboxylic acids is 1. The summed E-state index contributed by atoms with van der Waals surface area (Å²) in [6.07, 6.45) is 2.02. The third-order valence-electron chi connectivity index (χ3n) is 2.50. The van der Waals surface area contributed by atoms with Gasteiger partial charge in [0, 0.05) is 19.9 Å². The lowest BCUT2D eigenvalue weighted by molar-refractivity contribution is -0.139. The number of hydrogen-bond acceptors (Lipinski definition) is 4. The van der Waals surface area contributed by atoms with Crippen molar-refractivity contribution >= 4 is 35.1 Å². The van der Waals surface area contributed by atoms with Gasteiger partial charge in [-0.1, -0.05) is 23.2 Å². The fraction of sp³-hybridized carbons (Fsp3) is 0.417. The number of aromatic nitrogens is 1. The molecule has 1 aromatic rings. The van der Waals surface area contributed by atoms with Crippen LogP contribution in [0.3, 0.4) is 0 Å². The molecule has 0 bridgehead atoms. The summed E-state index contributed by atoms with van der Waals surface area (Å²) in [4.78, 5) is 26.7. The highest BCUT2D eigenvalue weighted by atomic mass is 35.5. The van der Waals surface area contributed by atoms with Crippen LogP contribution >= 0.6 is 23.2 Å². The summed E-state index contributed by atoms with van der Waals surface area (Å²) in [5.74, 6) is -1.68. The number of carboxylic acid groups (broad SMARTS) is 1. The zero-order valence-electron chi connectivity index (χ0n) is 10.7. The Bertz CT molecular complexity index is 496. The summed E-state index contributed by atoms with van der Waals surface area (Å²) >= 11 is 11.4. The second-order valence-corrected chi connectivity index (χ2v) is 4.76. The molecule has 2 N–H and O–H groups in total. The van der Waals surface area contributed by atoms with E-state index in [0.29, 0.717) is 13.0 Å². The number of methoxy groups -OCH3 is 1. The number of rotatable bonds is 7. The van der Waals surface area contributed by atoms with Gasteiger partial charge in [0.1, 0.15) is 11.2 Å². The lowest BCUT2D eigenvalue weighted by atomic mass is 10.1. The second-order valence-electron chi connectivity index (χ2n) is 4.00. The Labute approximate surface area is 126 Å². The van der Waals surface area contributed by atoms with Crippen LogP contribution in [0.15, 0.2) is 12.3 Å². The van der Waals surface area contributed by atoms with Crippen molar-refractivity contribution in [3.05, 3.63) is 28.0 Å². The van der Waals surface area contributed by atoms with Crippen molar-refractivity contribution in [3.63, 3.8) is 0 Å². The molecule has 0 saturated carbocycles. The van der Waals surface area contributed by atoms with E-state index in [1.54, 1.807) is 0 Å². The molecular weight excluding hydrogens is 307 g/mol. The predicted octanol–water partition coefficient (Wildman–Crippen LogP) is 2.00. The molecule has 0 aromatic carbocycles. The Morgan fingerprint density at radius 3 is 2.75 bits per heavy atom. The van der Waals surface area contributed by atoms with Gasteiger partial charge in [0.25, 0.3) is 5.91 Å². The molecule has 0 saturated heterocycles. The highest BCUT2D eigenvalue weighted by Gasteiger charge is 2.20. The van der Waals surface area contributed by atoms with Crippen molar-refractivity contribution in [2.75, 3.05) is 13.7 Å². The van der Waals surface area contributed by atoms with Crippen molar-refractivity contribution < 1.29 is 19.4 Å². The maximum absolute atomic E-state index is 11.9. The Morgan fingerprint density at radius 1 is 1.50 bits per heavy atom. The Hall–Kier alpha value is -1.37. The monoisotopic (exact) mass is 320 g/mol. The molecule has 1 atom stereocenters. The first-order valence-electron chi connectivity index (χ1n) is 5.79. The summed E-state index contributed by atoms with van der Waals surface area (Å²) in [7, 11) is 1.52. The summed E-state index contributed by atoms with van der Waals surface area (Å²) in [6, 6.07) is 0.340. The van der Waals surface area contributed by atoms with Crippen molar-refractivity contribution in [2.24, 2.45) is 0 Å². The molecule has 0 spiro atoms. The lowest BCUT2D eigenvalue weighted by Gasteiger charge is -2.14. The molecule has 110 valence electrons. The molecule has 0 radical (unpaired) electrons. The zero-order chi connectivity index (χ0) is 15.1. The average Bonchev–Trinajstić information content (AvgIpc) is 2.40. The van der Waals surface area contributed by atoms with E-state index in [4.69, 9.17) is 33.0 Å². The van der Waals surface area contributed by atoms with Gasteiger partial charge in [0.15, 0.2) is 0 Å². The maximum Gasteiger partial charge on any atom is 0.326 e. The van der Waals surface area contributed by atoms with Crippen LogP contribution < -0.4 is 5.32 Å². The topological polar surface area (TPSA) is 88.5 Å². The van der Waals surface area contributed by atoms with Gasteiger partial charge in [-0.2, -0.15) is 0 Å². The number of carbonyl (C=O) groups is 2. The number of amides is 1. The molecule has 1 aromatic heterocycles. The maximum atomic E-state index is 11.9. The highest BCUT2D eigenvalue weighted by molar-refractivity contribution is 6.41. The Morgan fingerprint density at radius 2 is 2.20 bits per heavy atom. The Kier molecular flexibility index (Phi) is 6.70. The molecule has 0 aliphatic carbocycles. The highest BCUT2D eigenvalue weighted by Crippen LogP contribution is 2.19. The number of hydrogen-bond donors (Lipinski definition) is 2. The van der Waals surface area contributed by atoms with Crippen LogP contribution in [0.5, 0.6) is 0 Å². The van der Waals surface area contributed by atoms with E-state index in [9.17, 15) is 9.59 Å². The van der Waals surface area contributed by atoms with Crippen LogP contribution in [-0.4, -0.2) is 41.7 Å². The van der Waals surface area contributed by atoms with Crippen molar-refractivity contribution in [3.8, 4) is 0 Å². The van der Waals surface area contributed by atoms with Crippen LogP contribution in [0.25, 0.3) is 0 Å². The van der Waals surface area contributed by atoms with Crippen LogP contribution in [-0.2, 0) is 9.53 Å². The molecular formula is C12H14Cl2N2O4. The van der Waals surface area contributed by atoms with E-state index in [1.807, 2.05) is 0 Å². The van der Waals surface area contributed by atoms with E-state index in [1.165, 1.54) is 19.4 Å². The number of ether oxygens (including phenoxy) is 1. The van der Waals surface area contributed by atoms with Gasteiger partial charge in [0.2, 0.25) is 0 Å². The first-order chi connectivity index (χ1) is 9.45. The van der Waals surface area contributed by atoms with Crippen molar-refractivity contribution in [1.29, 1.82) is 0 Å². The summed E-state index contributed by atoms with van der Waals surface area (Å²) in [6.45, 7) is 0.425. The molecule has 1 unspecified atom stereocenters. The Balaban J connectivity index is 2.69. The minimum atomic E-state index is -1.11. The SMILES string of the molecule is COCCCC(NC(=O)c1cnc(Cl)c(Cl)c1)C(=O)O. The standard InChI is InChI=1S/C12H14Cl2N2O4/c1-20-4-2-3-9(12(18)19)16-11(17)7-5-8(13)10(14)15-6-7/h5-6,9H,2-4H2,1H3,(H,16,17)(H,18,19). The number of pyridine rings is 1. The minimum absolute atomic E-state index is 0.0816. The van der Waals surface area contributed by atoms with Gasteiger partial charge < -0.3 is 15.2 Å². The van der Waals surface area contributed by atoms with E-state index >= 15 is 0 Å². The molecule has 0 aliphatic heterocycles. The van der Waals surface area contributed by atoms with E-state index in [-0.39, 0.29) is 22.2 Å². The number of nitrogens with zero attached hydrogens (tertiary/aromatic N) is 1. The van der Waals surface area contributed by atoms with E-state index < -0.39 is 17.9 Å². The molecule has 20 heavy (non-hydrogen) atoms. The van der Waals surface area contributed by atoms with Crippen molar-refractivity contribution in [2.45, 2.75) is 18.9 Å². The molecule has 6 nitrogen and oxygen atoms in total. The largest absolute Gasteiger partial charge is 0.480 e. The number of nitrogens with one attached hydrogen (secondary N) is 1. The average molecular weight is 321 g/mol. The van der Waals surface area contributed by atoms with E-state index in [0.717, 1.165) is 0 Å². The molecule has 0 fully saturated rings. The third-order valence-corrected chi connectivity index (χ3v) is 3.19. The van der Waals surface area contributed by atoms with E-state index in [2.05, 4.69) is 10.3 Å². The van der Waals surface area contributed by atoms with Gasteiger partial charge in [-0.05, 0) is 18.9 Å². The molecule has 1 heterocycles. The fourth-order valence-electron chi connectivity index (χ4n) is 1.48. The molecule has 8 heteroatoms. The summed E-state index contributed by atoms with van der Waals surface area (Å²) < 4.78 is 4.84. The molecule has 1 rings (SSSR count). The van der Waals surface area contributed by atoms with Crippen LogP contribution in [0.4, 0.5) is 0 Å². The van der Waals surface area contributed by atoms with Crippen LogP contribution in [0.1, 0.15) is 23.2 Å². The van der Waals surface area contributed by atoms with Gasteiger partial charge >= 0.3 is 5.97 Å². The first kappa shape index (κ1) is 16.7.